The number of carboxylic acid groups (broad SMARTS) is 1. The molecular formula is C18H21N3O2. The normalized spacial score (nSPS) is 15.4. The first-order valence-corrected chi connectivity index (χ1v) is 7.88. The van der Waals surface area contributed by atoms with Crippen LogP contribution in [0, 0.1) is 0 Å². The van der Waals surface area contributed by atoms with Crippen molar-refractivity contribution < 1.29 is 9.90 Å². The van der Waals surface area contributed by atoms with E-state index in [1.165, 1.54) is 4.90 Å². The van der Waals surface area contributed by atoms with Gasteiger partial charge in [-0.2, -0.15) is 0 Å². The highest BCUT2D eigenvalue weighted by Crippen LogP contribution is 2.24. The summed E-state index contributed by atoms with van der Waals surface area (Å²) in [4.78, 5) is 19.5. The Labute approximate surface area is 136 Å². The molecule has 2 aromatic rings. The Kier molecular flexibility index (Phi) is 4.46. The summed E-state index contributed by atoms with van der Waals surface area (Å²) in [6.45, 7) is 1.65. The maximum atomic E-state index is 11.1. The number of aromatic nitrogens is 1. The number of hydrogen-bond acceptors (Lipinski definition) is 3. The first-order chi connectivity index (χ1) is 11.1. The predicted molar refractivity (Wildman–Crippen MR) is 90.7 cm³/mol. The second-order valence-corrected chi connectivity index (χ2v) is 5.86. The summed E-state index contributed by atoms with van der Waals surface area (Å²) in [5.74, 6) is 0.961. The van der Waals surface area contributed by atoms with Gasteiger partial charge < -0.3 is 14.9 Å². The van der Waals surface area contributed by atoms with E-state index in [9.17, 15) is 4.79 Å². The van der Waals surface area contributed by atoms with Gasteiger partial charge in [0.2, 0.25) is 0 Å². The van der Waals surface area contributed by atoms with E-state index in [1.54, 1.807) is 7.05 Å². The van der Waals surface area contributed by atoms with Crippen LogP contribution in [0.4, 0.5) is 10.6 Å². The quantitative estimate of drug-likeness (QED) is 0.944. The molecule has 0 atom stereocenters. The van der Waals surface area contributed by atoms with Crippen LogP contribution in [0.5, 0.6) is 0 Å². The Morgan fingerprint density at radius 2 is 1.83 bits per heavy atom. The van der Waals surface area contributed by atoms with Gasteiger partial charge in [-0.1, -0.05) is 36.4 Å². The molecule has 0 aliphatic carbocycles. The second kappa shape index (κ2) is 6.69. The molecule has 0 bridgehead atoms. The first kappa shape index (κ1) is 15.3. The molecule has 0 unspecified atom stereocenters. The smallest absolute Gasteiger partial charge is 0.407 e. The van der Waals surface area contributed by atoms with Crippen molar-refractivity contribution in [1.29, 1.82) is 0 Å². The molecule has 0 spiro atoms. The lowest BCUT2D eigenvalue weighted by Crippen LogP contribution is -2.45. The number of pyridine rings is 1. The van der Waals surface area contributed by atoms with Crippen LogP contribution in [0.15, 0.2) is 48.5 Å². The Balaban J connectivity index is 1.71. The average molecular weight is 311 g/mol. The fourth-order valence-corrected chi connectivity index (χ4v) is 3.01. The Morgan fingerprint density at radius 3 is 2.48 bits per heavy atom. The summed E-state index contributed by atoms with van der Waals surface area (Å²) in [6, 6.07) is 16.3. The average Bonchev–Trinajstić information content (AvgIpc) is 2.62. The maximum absolute atomic E-state index is 11.1. The van der Waals surface area contributed by atoms with E-state index in [-0.39, 0.29) is 6.04 Å². The Bertz CT molecular complexity index is 667. The highest BCUT2D eigenvalue weighted by molar-refractivity contribution is 5.65. The Morgan fingerprint density at radius 1 is 1.13 bits per heavy atom. The van der Waals surface area contributed by atoms with E-state index in [0.717, 1.165) is 43.0 Å². The molecule has 1 amide bonds. The molecule has 1 saturated heterocycles. The number of nitrogens with zero attached hydrogens (tertiary/aromatic N) is 3. The molecule has 5 nitrogen and oxygen atoms in total. The van der Waals surface area contributed by atoms with Crippen molar-refractivity contribution in [2.24, 2.45) is 0 Å². The fraction of sp³-hybridized carbons (Fsp3) is 0.333. The molecule has 1 fully saturated rings. The maximum Gasteiger partial charge on any atom is 0.407 e. The topological polar surface area (TPSA) is 56.7 Å². The van der Waals surface area contributed by atoms with Gasteiger partial charge in [0.15, 0.2) is 0 Å². The molecule has 5 heteroatoms. The van der Waals surface area contributed by atoms with Gasteiger partial charge in [-0.3, -0.25) is 0 Å². The van der Waals surface area contributed by atoms with E-state index < -0.39 is 6.09 Å². The largest absolute Gasteiger partial charge is 0.465 e. The van der Waals surface area contributed by atoms with Crippen LogP contribution in [0.1, 0.15) is 12.8 Å². The number of amides is 1. The molecule has 1 N–H and O–H groups in total. The molecule has 1 aromatic heterocycles. The highest BCUT2D eigenvalue weighted by atomic mass is 16.4. The zero-order chi connectivity index (χ0) is 16.2. The van der Waals surface area contributed by atoms with Crippen molar-refractivity contribution in [2.45, 2.75) is 18.9 Å². The summed E-state index contributed by atoms with van der Waals surface area (Å²) < 4.78 is 0. The lowest BCUT2D eigenvalue weighted by atomic mass is 10.0. The van der Waals surface area contributed by atoms with Crippen molar-refractivity contribution in [3.05, 3.63) is 48.5 Å². The number of rotatable bonds is 3. The third-order valence-corrected chi connectivity index (χ3v) is 4.44. The molecule has 1 aliphatic rings. The van der Waals surface area contributed by atoms with Gasteiger partial charge in [-0.25, -0.2) is 9.78 Å². The number of piperidine rings is 1. The summed E-state index contributed by atoms with van der Waals surface area (Å²) >= 11 is 0. The monoisotopic (exact) mass is 311 g/mol. The van der Waals surface area contributed by atoms with Crippen molar-refractivity contribution in [1.82, 2.24) is 9.88 Å². The van der Waals surface area contributed by atoms with Gasteiger partial charge in [-0.15, -0.1) is 0 Å². The minimum absolute atomic E-state index is 0.0982. The SMILES string of the molecule is CN(C(=O)O)C1CCN(c2cccc(-c3ccccc3)n2)CC1. The van der Waals surface area contributed by atoms with E-state index in [2.05, 4.69) is 17.0 Å². The Hall–Kier alpha value is -2.56. The summed E-state index contributed by atoms with van der Waals surface area (Å²) in [5.41, 5.74) is 2.07. The summed E-state index contributed by atoms with van der Waals surface area (Å²) in [5, 5.41) is 9.08. The molecule has 0 radical (unpaired) electrons. The number of benzene rings is 1. The zero-order valence-corrected chi connectivity index (χ0v) is 13.2. The lowest BCUT2D eigenvalue weighted by Gasteiger charge is -2.36. The second-order valence-electron chi connectivity index (χ2n) is 5.86. The molecule has 23 heavy (non-hydrogen) atoms. The summed E-state index contributed by atoms with van der Waals surface area (Å²) in [7, 11) is 1.65. The van der Waals surface area contributed by atoms with Gasteiger partial charge in [0.05, 0.1) is 5.69 Å². The minimum Gasteiger partial charge on any atom is -0.465 e. The predicted octanol–water partition coefficient (Wildman–Crippen LogP) is 3.33. The summed E-state index contributed by atoms with van der Waals surface area (Å²) in [6.07, 6.45) is 0.813. The molecule has 2 heterocycles. The third kappa shape index (κ3) is 3.44. The van der Waals surface area contributed by atoms with Crippen LogP contribution in [-0.2, 0) is 0 Å². The van der Waals surface area contributed by atoms with E-state index in [1.807, 2.05) is 36.4 Å². The molecule has 1 aromatic carbocycles. The van der Waals surface area contributed by atoms with Crippen molar-refractivity contribution in [2.75, 3.05) is 25.0 Å². The zero-order valence-electron chi connectivity index (χ0n) is 13.2. The van der Waals surface area contributed by atoms with Crippen molar-refractivity contribution >= 4 is 11.9 Å². The highest BCUT2D eigenvalue weighted by Gasteiger charge is 2.25. The van der Waals surface area contributed by atoms with Crippen molar-refractivity contribution in [3.63, 3.8) is 0 Å². The number of hydrogen-bond donors (Lipinski definition) is 1. The van der Waals surface area contributed by atoms with Crippen molar-refractivity contribution in [3.8, 4) is 11.3 Å². The van der Waals surface area contributed by atoms with Crippen LogP contribution >= 0.6 is 0 Å². The van der Waals surface area contributed by atoms with Crippen LogP contribution in [0.25, 0.3) is 11.3 Å². The lowest BCUT2D eigenvalue weighted by molar-refractivity contribution is 0.131. The number of carbonyl (C=O) groups is 1. The molecule has 0 saturated carbocycles. The van der Waals surface area contributed by atoms with Gasteiger partial charge in [0.25, 0.3) is 0 Å². The minimum atomic E-state index is -0.854. The van der Waals surface area contributed by atoms with Gasteiger partial charge in [-0.05, 0) is 25.0 Å². The van der Waals surface area contributed by atoms with Crippen LogP contribution in [-0.4, -0.2) is 47.3 Å². The van der Waals surface area contributed by atoms with Crippen LogP contribution < -0.4 is 4.90 Å². The molecule has 120 valence electrons. The van der Waals surface area contributed by atoms with Crippen LogP contribution in [0.2, 0.25) is 0 Å². The van der Waals surface area contributed by atoms with E-state index in [4.69, 9.17) is 10.1 Å². The van der Waals surface area contributed by atoms with Crippen LogP contribution in [0.3, 0.4) is 0 Å². The number of anilines is 1. The van der Waals surface area contributed by atoms with E-state index >= 15 is 0 Å². The molecule has 1 aliphatic heterocycles. The van der Waals surface area contributed by atoms with Gasteiger partial charge in [0.1, 0.15) is 5.82 Å². The fourth-order valence-electron chi connectivity index (χ4n) is 3.01. The van der Waals surface area contributed by atoms with Gasteiger partial charge >= 0.3 is 6.09 Å². The standard InChI is InChI=1S/C18H21N3O2/c1-20(18(22)23)15-10-12-21(13-11-15)17-9-5-8-16(19-17)14-6-3-2-4-7-14/h2-9,15H,10-13H2,1H3,(H,22,23). The molecule has 3 rings (SSSR count). The third-order valence-electron chi connectivity index (χ3n) is 4.44. The van der Waals surface area contributed by atoms with Gasteiger partial charge in [0, 0.05) is 31.7 Å². The molecular weight excluding hydrogens is 290 g/mol. The van der Waals surface area contributed by atoms with E-state index in [0.29, 0.717) is 0 Å². The first-order valence-electron chi connectivity index (χ1n) is 7.88.